The summed E-state index contributed by atoms with van der Waals surface area (Å²) in [5, 5.41) is 37.5. The van der Waals surface area contributed by atoms with Crippen LogP contribution in [0, 0.1) is 0 Å². The van der Waals surface area contributed by atoms with E-state index in [0.29, 0.717) is 6.42 Å². The van der Waals surface area contributed by atoms with Gasteiger partial charge < -0.3 is 29.9 Å². The maximum atomic E-state index is 9.60. The van der Waals surface area contributed by atoms with Gasteiger partial charge in [-0.2, -0.15) is 0 Å². The average Bonchev–Trinajstić information content (AvgIpc) is 2.34. The number of hydrogen-bond donors (Lipinski definition) is 4. The van der Waals surface area contributed by atoms with Gasteiger partial charge in [0.15, 0.2) is 11.5 Å². The molecule has 0 aliphatic carbocycles. The van der Waals surface area contributed by atoms with E-state index in [2.05, 4.69) is 0 Å². The number of para-hydroxylation sites is 1. The van der Waals surface area contributed by atoms with Crippen LogP contribution in [0.1, 0.15) is 12.8 Å². The van der Waals surface area contributed by atoms with E-state index in [1.807, 2.05) is 0 Å². The number of aliphatic hydroxyl groups excluding tert-OH is 2. The first-order valence-corrected chi connectivity index (χ1v) is 5.72. The van der Waals surface area contributed by atoms with Crippen molar-refractivity contribution in [1.82, 2.24) is 0 Å². The molecule has 0 bridgehead atoms. The Morgan fingerprint density at radius 3 is 2.78 bits per heavy atom. The van der Waals surface area contributed by atoms with Gasteiger partial charge in [-0.05, 0) is 12.1 Å². The number of phenolic OH excluding ortho intramolecular Hbond substituents is 2. The number of rotatable bonds is 3. The predicted octanol–water partition coefficient (Wildman–Crippen LogP) is 0.335. The Kier molecular flexibility index (Phi) is 3.90. The quantitative estimate of drug-likeness (QED) is 0.582. The molecular weight excluding hydrogens is 240 g/mol. The molecule has 1 aliphatic rings. The zero-order valence-electron chi connectivity index (χ0n) is 9.69. The van der Waals surface area contributed by atoms with Crippen molar-refractivity contribution in [3.8, 4) is 17.2 Å². The lowest BCUT2D eigenvalue weighted by Crippen LogP contribution is -2.40. The van der Waals surface area contributed by atoms with Gasteiger partial charge in [-0.3, -0.25) is 0 Å². The third kappa shape index (κ3) is 2.84. The molecule has 4 N–H and O–H groups in total. The highest BCUT2D eigenvalue weighted by molar-refractivity contribution is 5.48. The Hall–Kier alpha value is -1.50. The molecule has 2 rings (SSSR count). The van der Waals surface area contributed by atoms with Crippen LogP contribution in [0.4, 0.5) is 0 Å². The Morgan fingerprint density at radius 2 is 2.06 bits per heavy atom. The van der Waals surface area contributed by atoms with Crippen molar-refractivity contribution in [3.05, 3.63) is 18.2 Å². The van der Waals surface area contributed by atoms with Crippen molar-refractivity contribution in [2.24, 2.45) is 0 Å². The van der Waals surface area contributed by atoms with Crippen molar-refractivity contribution in [2.75, 3.05) is 6.61 Å². The van der Waals surface area contributed by atoms with Gasteiger partial charge in [-0.1, -0.05) is 6.07 Å². The van der Waals surface area contributed by atoms with E-state index in [-0.39, 0.29) is 30.3 Å². The van der Waals surface area contributed by atoms with E-state index in [1.54, 1.807) is 0 Å². The fourth-order valence-electron chi connectivity index (χ4n) is 1.89. The van der Waals surface area contributed by atoms with Crippen LogP contribution in [-0.4, -0.2) is 45.5 Å². The molecule has 3 atom stereocenters. The lowest BCUT2D eigenvalue weighted by atomic mass is 10.1. The van der Waals surface area contributed by atoms with Crippen LogP contribution in [0.5, 0.6) is 17.2 Å². The summed E-state index contributed by atoms with van der Waals surface area (Å²) < 4.78 is 10.7. The number of benzene rings is 1. The molecule has 6 nitrogen and oxygen atoms in total. The molecule has 0 aromatic heterocycles. The van der Waals surface area contributed by atoms with Crippen LogP contribution in [0.15, 0.2) is 18.2 Å². The normalized spacial score (nSPS) is 28.0. The molecule has 1 fully saturated rings. The monoisotopic (exact) mass is 256 g/mol. The van der Waals surface area contributed by atoms with Crippen LogP contribution in [0.3, 0.4) is 0 Å². The van der Waals surface area contributed by atoms with Crippen molar-refractivity contribution in [2.45, 2.75) is 31.3 Å². The Bertz CT molecular complexity index is 408. The van der Waals surface area contributed by atoms with E-state index in [4.69, 9.17) is 14.6 Å². The second kappa shape index (κ2) is 5.43. The van der Waals surface area contributed by atoms with Gasteiger partial charge in [0.25, 0.3) is 0 Å². The molecule has 1 aromatic rings. The zero-order chi connectivity index (χ0) is 13.1. The van der Waals surface area contributed by atoms with Gasteiger partial charge in [-0.15, -0.1) is 0 Å². The summed E-state index contributed by atoms with van der Waals surface area (Å²) in [6.45, 7) is -0.205. The maximum absolute atomic E-state index is 9.60. The number of hydrogen-bond acceptors (Lipinski definition) is 6. The fraction of sp³-hybridized carbons (Fsp3) is 0.500. The molecule has 6 heteroatoms. The van der Waals surface area contributed by atoms with E-state index < -0.39 is 18.5 Å². The first-order chi connectivity index (χ1) is 8.60. The van der Waals surface area contributed by atoms with Crippen LogP contribution < -0.4 is 4.74 Å². The van der Waals surface area contributed by atoms with Gasteiger partial charge >= 0.3 is 0 Å². The van der Waals surface area contributed by atoms with Gasteiger partial charge in [-0.25, -0.2) is 0 Å². The van der Waals surface area contributed by atoms with Crippen molar-refractivity contribution >= 4 is 0 Å². The van der Waals surface area contributed by atoms with E-state index in [1.165, 1.54) is 18.2 Å². The fourth-order valence-corrected chi connectivity index (χ4v) is 1.89. The van der Waals surface area contributed by atoms with Crippen LogP contribution in [0.25, 0.3) is 0 Å². The molecular formula is C12H16O6. The number of aromatic hydroxyl groups is 2. The highest BCUT2D eigenvalue weighted by atomic mass is 16.7. The second-order valence-electron chi connectivity index (χ2n) is 4.24. The summed E-state index contributed by atoms with van der Waals surface area (Å²) in [5.74, 6) is -0.588. The molecule has 1 saturated heterocycles. The Labute approximate surface area is 104 Å². The third-order valence-corrected chi connectivity index (χ3v) is 2.78. The molecule has 1 aromatic carbocycles. The largest absolute Gasteiger partial charge is 0.504 e. The molecule has 1 aliphatic heterocycles. The summed E-state index contributed by atoms with van der Waals surface area (Å²) in [6, 6.07) is 4.33. The molecule has 0 amide bonds. The van der Waals surface area contributed by atoms with Crippen LogP contribution in [-0.2, 0) is 4.74 Å². The number of ether oxygens (including phenoxy) is 2. The third-order valence-electron chi connectivity index (χ3n) is 2.78. The zero-order valence-corrected chi connectivity index (χ0v) is 9.69. The van der Waals surface area contributed by atoms with Gasteiger partial charge in [0, 0.05) is 12.8 Å². The van der Waals surface area contributed by atoms with Crippen LogP contribution in [0.2, 0.25) is 0 Å². The van der Waals surface area contributed by atoms with Gasteiger partial charge in [0.2, 0.25) is 12.0 Å². The molecule has 100 valence electrons. The summed E-state index contributed by atoms with van der Waals surface area (Å²) in [5.41, 5.74) is 0. The summed E-state index contributed by atoms with van der Waals surface area (Å²) in [6.07, 6.45) is -1.29. The molecule has 0 saturated carbocycles. The second-order valence-corrected chi connectivity index (χ2v) is 4.24. The van der Waals surface area contributed by atoms with E-state index in [9.17, 15) is 15.3 Å². The SMILES string of the molecule is OC[C@@H]1C[C@H](O)C[C@H](Oc2cccc(O)c2O)O1. The summed E-state index contributed by atoms with van der Waals surface area (Å²) in [7, 11) is 0. The van der Waals surface area contributed by atoms with Crippen molar-refractivity contribution < 1.29 is 29.9 Å². The Balaban J connectivity index is 2.06. The molecule has 0 unspecified atom stereocenters. The first kappa shape index (κ1) is 12.9. The smallest absolute Gasteiger partial charge is 0.202 e. The lowest BCUT2D eigenvalue weighted by Gasteiger charge is -2.32. The first-order valence-electron chi connectivity index (χ1n) is 5.72. The summed E-state index contributed by atoms with van der Waals surface area (Å²) >= 11 is 0. The predicted molar refractivity (Wildman–Crippen MR) is 61.4 cm³/mol. The molecule has 18 heavy (non-hydrogen) atoms. The highest BCUT2D eigenvalue weighted by Crippen LogP contribution is 2.36. The van der Waals surface area contributed by atoms with E-state index in [0.717, 1.165) is 0 Å². The van der Waals surface area contributed by atoms with Crippen LogP contribution >= 0.6 is 0 Å². The van der Waals surface area contributed by atoms with Crippen molar-refractivity contribution in [3.63, 3.8) is 0 Å². The average molecular weight is 256 g/mol. The molecule has 0 spiro atoms. The molecule has 0 radical (unpaired) electrons. The minimum absolute atomic E-state index is 0.0748. The molecule has 1 heterocycles. The standard InChI is InChI=1S/C12H16O6/c13-6-8-4-7(14)5-11(17-8)18-10-3-1-2-9(15)12(10)16/h1-3,7-8,11,13-16H,4-6H2/t7-,8-,11-/m0/s1. The lowest BCUT2D eigenvalue weighted by molar-refractivity contribution is -0.185. The number of phenols is 2. The number of aliphatic hydroxyl groups is 2. The summed E-state index contributed by atoms with van der Waals surface area (Å²) in [4.78, 5) is 0. The van der Waals surface area contributed by atoms with E-state index >= 15 is 0 Å². The topological polar surface area (TPSA) is 99.4 Å². The Morgan fingerprint density at radius 1 is 1.28 bits per heavy atom. The van der Waals surface area contributed by atoms with Gasteiger partial charge in [0.05, 0.1) is 18.8 Å². The minimum Gasteiger partial charge on any atom is -0.504 e. The maximum Gasteiger partial charge on any atom is 0.202 e. The highest BCUT2D eigenvalue weighted by Gasteiger charge is 2.29. The van der Waals surface area contributed by atoms with Crippen molar-refractivity contribution in [1.29, 1.82) is 0 Å². The van der Waals surface area contributed by atoms with Gasteiger partial charge in [0.1, 0.15) is 0 Å². The minimum atomic E-state index is -0.765.